The van der Waals surface area contributed by atoms with Crippen molar-refractivity contribution >= 4 is 11.5 Å². The van der Waals surface area contributed by atoms with Crippen LogP contribution in [0.5, 0.6) is 11.5 Å². The average Bonchev–Trinajstić information content (AvgIpc) is 3.20. The van der Waals surface area contributed by atoms with E-state index in [9.17, 15) is 15.4 Å². The Labute approximate surface area is 166 Å². The second kappa shape index (κ2) is 7.13. The molecule has 144 valence electrons. The van der Waals surface area contributed by atoms with E-state index in [1.165, 1.54) is 12.1 Å². The Bertz CT molecular complexity index is 1170. The number of fused-ring (bicyclic) bond motifs is 1. The predicted molar refractivity (Wildman–Crippen MR) is 106 cm³/mol. The first-order valence-electron chi connectivity index (χ1n) is 8.91. The van der Waals surface area contributed by atoms with Gasteiger partial charge in [-0.2, -0.15) is 5.26 Å². The highest BCUT2D eigenvalue weighted by molar-refractivity contribution is 5.89. The van der Waals surface area contributed by atoms with Gasteiger partial charge < -0.3 is 15.2 Å². The number of nitriles is 1. The van der Waals surface area contributed by atoms with Crippen LogP contribution in [0.4, 0.5) is 11.5 Å². The number of nitrogens with zero attached hydrogens (tertiary/aromatic N) is 3. The van der Waals surface area contributed by atoms with Crippen molar-refractivity contribution in [3.05, 3.63) is 63.7 Å². The quantitative estimate of drug-likeness (QED) is 0.527. The van der Waals surface area contributed by atoms with Gasteiger partial charge in [0.05, 0.1) is 22.2 Å². The minimum absolute atomic E-state index is 0.0184. The first kappa shape index (κ1) is 18.3. The molecular formula is C21H16N4O4. The van der Waals surface area contributed by atoms with Crippen molar-refractivity contribution < 1.29 is 14.4 Å². The van der Waals surface area contributed by atoms with Crippen LogP contribution in [0, 0.1) is 21.4 Å². The topological polar surface area (TPSA) is 124 Å². The molecule has 4 rings (SSSR count). The molecule has 2 aromatic carbocycles. The Hall–Kier alpha value is -4.12. The molecule has 0 atom stereocenters. The molecule has 8 nitrogen and oxygen atoms in total. The van der Waals surface area contributed by atoms with Crippen LogP contribution >= 0.6 is 0 Å². The van der Waals surface area contributed by atoms with E-state index in [4.69, 9.17) is 15.2 Å². The van der Waals surface area contributed by atoms with Crippen molar-refractivity contribution in [3.8, 4) is 40.0 Å². The van der Waals surface area contributed by atoms with Gasteiger partial charge in [-0.3, -0.25) is 10.1 Å². The number of pyridine rings is 1. The zero-order valence-electron chi connectivity index (χ0n) is 15.5. The minimum Gasteiger partial charge on any atom is -0.454 e. The Kier molecular flexibility index (Phi) is 4.49. The first-order valence-corrected chi connectivity index (χ1v) is 8.91. The highest BCUT2D eigenvalue weighted by Gasteiger charge is 2.29. The Morgan fingerprint density at radius 1 is 1.24 bits per heavy atom. The number of rotatable bonds is 4. The third-order valence-electron chi connectivity index (χ3n) is 4.80. The molecule has 3 aromatic rings. The summed E-state index contributed by atoms with van der Waals surface area (Å²) in [5.74, 6) is 0.695. The van der Waals surface area contributed by atoms with Crippen LogP contribution in [0.3, 0.4) is 0 Å². The molecule has 2 heterocycles. The molecule has 29 heavy (non-hydrogen) atoms. The molecule has 0 aliphatic carbocycles. The lowest BCUT2D eigenvalue weighted by Gasteiger charge is -2.17. The molecule has 8 heteroatoms. The first-order chi connectivity index (χ1) is 14.0. The van der Waals surface area contributed by atoms with E-state index in [2.05, 4.69) is 11.1 Å². The van der Waals surface area contributed by atoms with Crippen molar-refractivity contribution in [2.75, 3.05) is 12.5 Å². The van der Waals surface area contributed by atoms with Crippen LogP contribution in [0.25, 0.3) is 22.4 Å². The van der Waals surface area contributed by atoms with Crippen LogP contribution in [-0.2, 0) is 6.42 Å². The molecular weight excluding hydrogens is 372 g/mol. The van der Waals surface area contributed by atoms with E-state index >= 15 is 0 Å². The maximum atomic E-state index is 11.8. The van der Waals surface area contributed by atoms with Crippen molar-refractivity contribution in [2.45, 2.75) is 13.3 Å². The Balaban J connectivity index is 2.10. The largest absolute Gasteiger partial charge is 0.454 e. The number of nitro groups is 1. The van der Waals surface area contributed by atoms with Crippen molar-refractivity contribution in [2.24, 2.45) is 0 Å². The van der Waals surface area contributed by atoms with Gasteiger partial charge in [-0.15, -0.1) is 0 Å². The molecule has 0 spiro atoms. The van der Waals surface area contributed by atoms with Gasteiger partial charge in [0.15, 0.2) is 11.5 Å². The number of ether oxygens (including phenoxy) is 2. The average molecular weight is 388 g/mol. The number of hydrogen-bond acceptors (Lipinski definition) is 7. The number of nitrogen functional groups attached to an aromatic ring is 1. The zero-order chi connectivity index (χ0) is 20.5. The van der Waals surface area contributed by atoms with Gasteiger partial charge in [0.1, 0.15) is 17.5 Å². The molecule has 1 aliphatic rings. The molecule has 0 bridgehead atoms. The van der Waals surface area contributed by atoms with Crippen LogP contribution in [0.2, 0.25) is 0 Å². The molecule has 0 amide bonds. The summed E-state index contributed by atoms with van der Waals surface area (Å²) >= 11 is 0. The van der Waals surface area contributed by atoms with Gasteiger partial charge in [0, 0.05) is 11.1 Å². The SMILES string of the molecule is CCc1c(-c2ccccc2)nc(N)c(C#N)c1-c1cc2c(cc1[N+](=O)[O-])OCO2. The Morgan fingerprint density at radius 2 is 1.93 bits per heavy atom. The monoisotopic (exact) mass is 388 g/mol. The normalized spacial score (nSPS) is 11.9. The third kappa shape index (κ3) is 2.99. The lowest BCUT2D eigenvalue weighted by atomic mass is 9.89. The molecule has 0 saturated heterocycles. The summed E-state index contributed by atoms with van der Waals surface area (Å²) in [5.41, 5.74) is 8.76. The zero-order valence-corrected chi connectivity index (χ0v) is 15.5. The minimum atomic E-state index is -0.503. The van der Waals surface area contributed by atoms with Crippen LogP contribution < -0.4 is 15.2 Å². The lowest BCUT2D eigenvalue weighted by molar-refractivity contribution is -0.384. The predicted octanol–water partition coefficient (Wildman–Crippen LogP) is 4.07. The van der Waals surface area contributed by atoms with E-state index in [-0.39, 0.29) is 29.4 Å². The fraction of sp³-hybridized carbons (Fsp3) is 0.143. The van der Waals surface area contributed by atoms with Gasteiger partial charge in [-0.05, 0) is 18.1 Å². The van der Waals surface area contributed by atoms with E-state index in [1.807, 2.05) is 37.3 Å². The standard InChI is InChI=1S/C21H16N4O4/c1-2-13-19(14-8-17-18(29-11-28-17)9-16(14)25(26)27)15(10-22)21(23)24-20(13)12-6-4-3-5-7-12/h3-9H,2,11H2,1H3,(H2,23,24). The molecule has 0 saturated carbocycles. The highest BCUT2D eigenvalue weighted by Crippen LogP contribution is 2.46. The summed E-state index contributed by atoms with van der Waals surface area (Å²) in [6, 6.07) is 14.3. The van der Waals surface area contributed by atoms with Gasteiger partial charge in [0.25, 0.3) is 5.69 Å². The number of nitro benzene ring substituents is 1. The fourth-order valence-corrected chi connectivity index (χ4v) is 3.51. The molecule has 0 radical (unpaired) electrons. The second-order valence-corrected chi connectivity index (χ2v) is 6.39. The maximum absolute atomic E-state index is 11.8. The number of benzene rings is 2. The van der Waals surface area contributed by atoms with E-state index in [0.29, 0.717) is 34.7 Å². The van der Waals surface area contributed by atoms with Gasteiger partial charge >= 0.3 is 0 Å². The summed E-state index contributed by atoms with van der Waals surface area (Å²) in [6.45, 7) is 1.89. The second-order valence-electron chi connectivity index (χ2n) is 6.39. The number of aromatic nitrogens is 1. The van der Waals surface area contributed by atoms with Crippen LogP contribution in [0.15, 0.2) is 42.5 Å². The smallest absolute Gasteiger partial charge is 0.281 e. The van der Waals surface area contributed by atoms with Crippen molar-refractivity contribution in [1.82, 2.24) is 4.98 Å². The number of anilines is 1. The summed E-state index contributed by atoms with van der Waals surface area (Å²) in [5, 5.41) is 21.6. The summed E-state index contributed by atoms with van der Waals surface area (Å²) in [6.07, 6.45) is 0.493. The number of hydrogen-bond donors (Lipinski definition) is 1. The summed E-state index contributed by atoms with van der Waals surface area (Å²) in [7, 11) is 0. The van der Waals surface area contributed by atoms with Gasteiger partial charge in [-0.25, -0.2) is 4.98 Å². The molecule has 1 aliphatic heterocycles. The highest BCUT2D eigenvalue weighted by atomic mass is 16.7. The molecule has 2 N–H and O–H groups in total. The lowest BCUT2D eigenvalue weighted by Crippen LogP contribution is -2.06. The van der Waals surface area contributed by atoms with E-state index in [0.717, 1.165) is 5.56 Å². The number of nitrogens with two attached hydrogens (primary N) is 1. The van der Waals surface area contributed by atoms with Crippen LogP contribution in [-0.4, -0.2) is 16.7 Å². The van der Waals surface area contributed by atoms with Gasteiger partial charge in [0.2, 0.25) is 6.79 Å². The van der Waals surface area contributed by atoms with Crippen LogP contribution in [0.1, 0.15) is 18.1 Å². The van der Waals surface area contributed by atoms with Gasteiger partial charge in [-0.1, -0.05) is 37.3 Å². The summed E-state index contributed by atoms with van der Waals surface area (Å²) < 4.78 is 10.7. The maximum Gasteiger partial charge on any atom is 0.281 e. The summed E-state index contributed by atoms with van der Waals surface area (Å²) in [4.78, 5) is 15.8. The van der Waals surface area contributed by atoms with Crippen molar-refractivity contribution in [3.63, 3.8) is 0 Å². The fourth-order valence-electron chi connectivity index (χ4n) is 3.51. The Morgan fingerprint density at radius 3 is 2.55 bits per heavy atom. The molecule has 0 unspecified atom stereocenters. The molecule has 0 fully saturated rings. The van der Waals surface area contributed by atoms with Crippen molar-refractivity contribution in [1.29, 1.82) is 5.26 Å². The van der Waals surface area contributed by atoms with E-state index in [1.54, 1.807) is 0 Å². The van der Waals surface area contributed by atoms with E-state index < -0.39 is 4.92 Å². The molecule has 1 aromatic heterocycles. The third-order valence-corrected chi connectivity index (χ3v) is 4.80.